The Hall–Kier alpha value is -0.570. The standard InChI is InChI=1S/C12H24N4O2.HI/c1-2-18-9-5-6-14-12(13)15-10-11(17)16-7-3-4-8-16;/h2-10H2,1H3,(H3,13,14,15);1H. The Balaban J connectivity index is 0.00000324. The average Bonchev–Trinajstić information content (AvgIpc) is 2.89. The summed E-state index contributed by atoms with van der Waals surface area (Å²) in [6.45, 7) is 5.98. The van der Waals surface area contributed by atoms with Gasteiger partial charge in [-0.2, -0.15) is 0 Å². The molecule has 0 aliphatic carbocycles. The molecule has 112 valence electrons. The molecule has 1 fully saturated rings. The van der Waals surface area contributed by atoms with Gasteiger partial charge in [0, 0.05) is 32.8 Å². The predicted octanol–water partition coefficient (Wildman–Crippen LogP) is 0.558. The summed E-state index contributed by atoms with van der Waals surface area (Å²) in [5.41, 5.74) is 5.66. The van der Waals surface area contributed by atoms with Crippen LogP contribution < -0.4 is 11.1 Å². The van der Waals surface area contributed by atoms with E-state index >= 15 is 0 Å². The Morgan fingerprint density at radius 2 is 2.11 bits per heavy atom. The third kappa shape index (κ3) is 8.25. The number of carbonyl (C=O) groups is 1. The summed E-state index contributed by atoms with van der Waals surface area (Å²) in [7, 11) is 0. The van der Waals surface area contributed by atoms with E-state index in [1.54, 1.807) is 0 Å². The fourth-order valence-electron chi connectivity index (χ4n) is 1.81. The number of nitrogens with zero attached hydrogens (tertiary/aromatic N) is 2. The van der Waals surface area contributed by atoms with Crippen molar-refractivity contribution in [3.05, 3.63) is 0 Å². The molecule has 1 amide bonds. The minimum atomic E-state index is 0. The number of carbonyl (C=O) groups excluding carboxylic acids is 1. The van der Waals surface area contributed by atoms with Crippen molar-refractivity contribution in [2.24, 2.45) is 10.7 Å². The molecule has 19 heavy (non-hydrogen) atoms. The van der Waals surface area contributed by atoms with Crippen LogP contribution in [-0.2, 0) is 9.53 Å². The van der Waals surface area contributed by atoms with Gasteiger partial charge in [-0.3, -0.25) is 4.79 Å². The highest BCUT2D eigenvalue weighted by atomic mass is 127. The summed E-state index contributed by atoms with van der Waals surface area (Å²) in [6.07, 6.45) is 3.07. The number of hydrogen-bond donors (Lipinski definition) is 2. The number of likely N-dealkylation sites (tertiary alicyclic amines) is 1. The van der Waals surface area contributed by atoms with Gasteiger partial charge in [0.1, 0.15) is 6.54 Å². The first-order valence-corrected chi connectivity index (χ1v) is 6.63. The molecule has 0 aromatic rings. The van der Waals surface area contributed by atoms with Gasteiger partial charge in [-0.05, 0) is 26.2 Å². The van der Waals surface area contributed by atoms with E-state index in [2.05, 4.69) is 10.3 Å². The Morgan fingerprint density at radius 3 is 2.74 bits per heavy atom. The van der Waals surface area contributed by atoms with Crippen LogP contribution in [0.5, 0.6) is 0 Å². The van der Waals surface area contributed by atoms with Crippen molar-refractivity contribution in [2.75, 3.05) is 39.4 Å². The van der Waals surface area contributed by atoms with Gasteiger partial charge in [0.25, 0.3) is 0 Å². The van der Waals surface area contributed by atoms with Crippen molar-refractivity contribution in [3.63, 3.8) is 0 Å². The van der Waals surface area contributed by atoms with Gasteiger partial charge in [0.2, 0.25) is 5.91 Å². The number of halogens is 1. The van der Waals surface area contributed by atoms with Crippen LogP contribution in [0.15, 0.2) is 4.99 Å². The van der Waals surface area contributed by atoms with Crippen LogP contribution in [0, 0.1) is 0 Å². The summed E-state index contributed by atoms with van der Waals surface area (Å²) in [5, 5.41) is 2.96. The van der Waals surface area contributed by atoms with Crippen LogP contribution in [0.4, 0.5) is 0 Å². The zero-order valence-electron chi connectivity index (χ0n) is 11.6. The van der Waals surface area contributed by atoms with Gasteiger partial charge >= 0.3 is 0 Å². The van der Waals surface area contributed by atoms with Gasteiger partial charge in [-0.1, -0.05) is 0 Å². The normalized spacial score (nSPS) is 15.2. The van der Waals surface area contributed by atoms with E-state index in [0.29, 0.717) is 19.1 Å². The van der Waals surface area contributed by atoms with E-state index in [1.807, 2.05) is 11.8 Å². The summed E-state index contributed by atoms with van der Waals surface area (Å²) in [4.78, 5) is 17.6. The second kappa shape index (κ2) is 11.3. The molecule has 0 unspecified atom stereocenters. The van der Waals surface area contributed by atoms with Crippen LogP contribution in [0.2, 0.25) is 0 Å². The van der Waals surface area contributed by atoms with E-state index in [1.165, 1.54) is 0 Å². The van der Waals surface area contributed by atoms with Crippen molar-refractivity contribution in [1.29, 1.82) is 0 Å². The second-order valence-corrected chi connectivity index (χ2v) is 4.27. The summed E-state index contributed by atoms with van der Waals surface area (Å²) in [6, 6.07) is 0. The lowest BCUT2D eigenvalue weighted by atomic mass is 10.4. The van der Waals surface area contributed by atoms with Gasteiger partial charge in [0.05, 0.1) is 0 Å². The van der Waals surface area contributed by atoms with Crippen LogP contribution in [0.25, 0.3) is 0 Å². The highest BCUT2D eigenvalue weighted by Gasteiger charge is 2.16. The molecule has 6 nitrogen and oxygen atoms in total. The number of nitrogens with two attached hydrogens (primary N) is 1. The third-order valence-corrected chi connectivity index (χ3v) is 2.82. The van der Waals surface area contributed by atoms with Crippen molar-refractivity contribution >= 4 is 35.8 Å². The van der Waals surface area contributed by atoms with Crippen LogP contribution >= 0.6 is 24.0 Å². The van der Waals surface area contributed by atoms with Crippen LogP contribution in [-0.4, -0.2) is 56.2 Å². The SMILES string of the molecule is CCOCCCNC(N)=NCC(=O)N1CCCC1.I. The molecular formula is C12H25IN4O2. The smallest absolute Gasteiger partial charge is 0.244 e. The minimum absolute atomic E-state index is 0. The quantitative estimate of drug-likeness (QED) is 0.291. The van der Waals surface area contributed by atoms with E-state index < -0.39 is 0 Å². The summed E-state index contributed by atoms with van der Waals surface area (Å²) in [5.74, 6) is 0.394. The predicted molar refractivity (Wildman–Crippen MR) is 86.8 cm³/mol. The lowest BCUT2D eigenvalue weighted by Crippen LogP contribution is -2.35. The first kappa shape index (κ1) is 18.4. The largest absolute Gasteiger partial charge is 0.382 e. The maximum atomic E-state index is 11.7. The monoisotopic (exact) mass is 384 g/mol. The maximum absolute atomic E-state index is 11.7. The fraction of sp³-hybridized carbons (Fsp3) is 0.833. The first-order chi connectivity index (χ1) is 8.74. The molecule has 1 rings (SSSR count). The molecule has 1 saturated heterocycles. The number of rotatable bonds is 7. The Morgan fingerprint density at radius 1 is 1.42 bits per heavy atom. The van der Waals surface area contributed by atoms with Gasteiger partial charge in [-0.15, -0.1) is 24.0 Å². The first-order valence-electron chi connectivity index (χ1n) is 6.63. The zero-order valence-corrected chi connectivity index (χ0v) is 13.9. The lowest BCUT2D eigenvalue weighted by Gasteiger charge is -2.13. The molecule has 0 aromatic carbocycles. The van der Waals surface area contributed by atoms with Gasteiger partial charge in [-0.25, -0.2) is 4.99 Å². The molecule has 1 aliphatic rings. The molecule has 0 atom stereocenters. The molecule has 0 aromatic heterocycles. The number of ether oxygens (including phenoxy) is 1. The molecular weight excluding hydrogens is 359 g/mol. The number of amides is 1. The molecule has 0 radical (unpaired) electrons. The number of hydrogen-bond acceptors (Lipinski definition) is 3. The third-order valence-electron chi connectivity index (χ3n) is 2.82. The van der Waals surface area contributed by atoms with Gasteiger partial charge < -0.3 is 20.7 Å². The Bertz CT molecular complexity index is 281. The van der Waals surface area contributed by atoms with E-state index in [-0.39, 0.29) is 36.4 Å². The Kier molecular flexibility index (Phi) is 10.9. The molecule has 1 aliphatic heterocycles. The summed E-state index contributed by atoms with van der Waals surface area (Å²) >= 11 is 0. The number of guanidine groups is 1. The van der Waals surface area contributed by atoms with Gasteiger partial charge in [0.15, 0.2) is 5.96 Å². The van der Waals surface area contributed by atoms with Crippen LogP contribution in [0.3, 0.4) is 0 Å². The maximum Gasteiger partial charge on any atom is 0.244 e. The highest BCUT2D eigenvalue weighted by Crippen LogP contribution is 2.06. The lowest BCUT2D eigenvalue weighted by molar-refractivity contribution is -0.128. The van der Waals surface area contributed by atoms with Crippen LogP contribution in [0.1, 0.15) is 26.2 Å². The molecule has 0 spiro atoms. The average molecular weight is 384 g/mol. The number of nitrogens with one attached hydrogen (secondary N) is 1. The van der Waals surface area contributed by atoms with E-state index in [9.17, 15) is 4.79 Å². The second-order valence-electron chi connectivity index (χ2n) is 4.27. The fourth-order valence-corrected chi connectivity index (χ4v) is 1.81. The molecule has 0 bridgehead atoms. The Labute approximate surface area is 132 Å². The molecule has 7 heteroatoms. The minimum Gasteiger partial charge on any atom is -0.382 e. The van der Waals surface area contributed by atoms with E-state index in [0.717, 1.165) is 39.0 Å². The van der Waals surface area contributed by atoms with Crippen molar-refractivity contribution in [3.8, 4) is 0 Å². The van der Waals surface area contributed by atoms with Crippen molar-refractivity contribution < 1.29 is 9.53 Å². The van der Waals surface area contributed by atoms with Crippen molar-refractivity contribution in [2.45, 2.75) is 26.2 Å². The molecule has 1 heterocycles. The zero-order chi connectivity index (χ0) is 13.2. The van der Waals surface area contributed by atoms with E-state index in [4.69, 9.17) is 10.5 Å². The number of aliphatic imine (C=N–C) groups is 1. The van der Waals surface area contributed by atoms with Crippen molar-refractivity contribution in [1.82, 2.24) is 10.2 Å². The molecule has 0 saturated carbocycles. The topological polar surface area (TPSA) is 80.0 Å². The highest BCUT2D eigenvalue weighted by molar-refractivity contribution is 14.0. The summed E-state index contributed by atoms with van der Waals surface area (Å²) < 4.78 is 5.20. The molecule has 3 N–H and O–H groups in total.